The second kappa shape index (κ2) is 16.0. The minimum absolute atomic E-state index is 0.0661. The van der Waals surface area contributed by atoms with Gasteiger partial charge in [-0.2, -0.15) is 0 Å². The first-order valence-corrected chi connectivity index (χ1v) is 14.5. The van der Waals surface area contributed by atoms with E-state index in [9.17, 15) is 30.0 Å². The van der Waals surface area contributed by atoms with Gasteiger partial charge in [0.05, 0.1) is 25.7 Å². The number of aryl methyl sites for hydroxylation is 1. The molecular weight excluding hydrogens is 562 g/mol. The molecule has 0 aliphatic carbocycles. The van der Waals surface area contributed by atoms with Gasteiger partial charge in [0, 0.05) is 24.2 Å². The summed E-state index contributed by atoms with van der Waals surface area (Å²) in [6.45, 7) is 6.04. The van der Waals surface area contributed by atoms with Crippen molar-refractivity contribution >= 4 is 11.8 Å². The Morgan fingerprint density at radius 3 is 2.56 bits per heavy atom. The number of primary amides is 1. The smallest absolute Gasteiger partial charge is 0.238 e. The van der Waals surface area contributed by atoms with E-state index in [4.69, 9.17) is 25.7 Å². The van der Waals surface area contributed by atoms with E-state index < -0.39 is 49.3 Å². The molecule has 2 heterocycles. The molecule has 0 bridgehead atoms. The van der Waals surface area contributed by atoms with Crippen molar-refractivity contribution in [1.82, 2.24) is 15.5 Å². The van der Waals surface area contributed by atoms with Crippen molar-refractivity contribution in [1.29, 1.82) is 0 Å². The molecule has 10 N–H and O–H groups in total. The highest BCUT2D eigenvalue weighted by molar-refractivity contribution is 5.79. The number of hydrogen-bond acceptors (Lipinski definition) is 11. The van der Waals surface area contributed by atoms with Crippen LogP contribution < -0.4 is 26.3 Å². The maximum atomic E-state index is 12.1. The van der Waals surface area contributed by atoms with Gasteiger partial charge in [-0.1, -0.05) is 19.9 Å². The Labute approximate surface area is 250 Å². The van der Waals surface area contributed by atoms with Crippen molar-refractivity contribution in [2.24, 2.45) is 11.5 Å². The number of hydrogen-bond donors (Lipinski definition) is 8. The van der Waals surface area contributed by atoms with Crippen molar-refractivity contribution in [3.05, 3.63) is 40.6 Å². The van der Waals surface area contributed by atoms with Crippen LogP contribution in [0.5, 0.6) is 11.6 Å². The van der Waals surface area contributed by atoms with E-state index in [1.165, 1.54) is 0 Å². The van der Waals surface area contributed by atoms with Crippen LogP contribution in [0, 0.1) is 6.92 Å². The van der Waals surface area contributed by atoms with Crippen molar-refractivity contribution in [2.75, 3.05) is 19.8 Å². The summed E-state index contributed by atoms with van der Waals surface area (Å²) in [5, 5.41) is 50.2. The lowest BCUT2D eigenvalue weighted by Crippen LogP contribution is -2.60. The van der Waals surface area contributed by atoms with Gasteiger partial charge < -0.3 is 51.4 Å². The van der Waals surface area contributed by atoms with Crippen LogP contribution in [-0.4, -0.2) is 98.9 Å². The lowest BCUT2D eigenvalue weighted by Gasteiger charge is -2.39. The summed E-state index contributed by atoms with van der Waals surface area (Å²) in [7, 11) is 0. The molecule has 43 heavy (non-hydrogen) atoms. The number of carbonyl (C=O) groups is 2. The molecule has 1 aliphatic heterocycles. The second-order valence-electron chi connectivity index (χ2n) is 11.1. The number of nitrogens with zero attached hydrogens (tertiary/aromatic N) is 1. The lowest BCUT2D eigenvalue weighted by molar-refractivity contribution is -0.278. The summed E-state index contributed by atoms with van der Waals surface area (Å²) in [4.78, 5) is 23.1. The molecule has 1 aliphatic rings. The van der Waals surface area contributed by atoms with Gasteiger partial charge in [0.1, 0.15) is 30.2 Å². The van der Waals surface area contributed by atoms with Crippen LogP contribution in [0.2, 0.25) is 0 Å². The highest BCUT2D eigenvalue weighted by Crippen LogP contribution is 2.32. The van der Waals surface area contributed by atoms with Gasteiger partial charge in [-0.25, -0.2) is 0 Å². The van der Waals surface area contributed by atoms with Crippen molar-refractivity contribution < 1.29 is 44.2 Å². The fourth-order valence-corrected chi connectivity index (χ4v) is 4.74. The van der Waals surface area contributed by atoms with Gasteiger partial charge in [0.15, 0.2) is 0 Å². The van der Waals surface area contributed by atoms with Crippen LogP contribution in [0.1, 0.15) is 67.8 Å². The third-order valence-corrected chi connectivity index (χ3v) is 7.42. The number of amides is 2. The van der Waals surface area contributed by atoms with E-state index in [0.29, 0.717) is 38.0 Å². The summed E-state index contributed by atoms with van der Waals surface area (Å²) < 4.78 is 17.2. The molecule has 1 aromatic heterocycles. The topological polar surface area (TPSA) is 235 Å². The fraction of sp³-hybridized carbons (Fsp3) is 0.621. The van der Waals surface area contributed by atoms with Gasteiger partial charge in [0.25, 0.3) is 0 Å². The molecule has 1 aromatic carbocycles. The molecule has 0 unspecified atom stereocenters. The molecule has 240 valence electrons. The SMILES string of the molecule is Cc1cc(OCCC(=O)NCCCC[C@H](N)C(N)=O)ccc1Cc1c(O[C@@H]2O[C@H](CO)[C@@H](O)[C@H](O)[C@H]2O)n[nH]c1C(C)C. The number of carbonyl (C=O) groups excluding carboxylic acids is 2. The number of aliphatic hydroxyl groups is 4. The Morgan fingerprint density at radius 1 is 1.16 bits per heavy atom. The van der Waals surface area contributed by atoms with Gasteiger partial charge in [-0.05, 0) is 55.4 Å². The Hall–Kier alpha value is -3.27. The van der Waals surface area contributed by atoms with Crippen molar-refractivity contribution in [3.8, 4) is 11.6 Å². The molecule has 14 nitrogen and oxygen atoms in total. The van der Waals surface area contributed by atoms with Crippen LogP contribution in [0.4, 0.5) is 0 Å². The number of aliphatic hydroxyl groups excluding tert-OH is 4. The number of H-pyrrole nitrogens is 1. The van der Waals surface area contributed by atoms with E-state index >= 15 is 0 Å². The number of rotatable bonds is 16. The van der Waals surface area contributed by atoms with Gasteiger partial charge in [-0.15, -0.1) is 5.10 Å². The predicted molar refractivity (Wildman–Crippen MR) is 155 cm³/mol. The zero-order valence-electron chi connectivity index (χ0n) is 24.9. The molecule has 0 spiro atoms. The molecule has 1 saturated heterocycles. The maximum absolute atomic E-state index is 12.1. The molecule has 3 rings (SSSR count). The first-order valence-electron chi connectivity index (χ1n) is 14.5. The van der Waals surface area contributed by atoms with E-state index in [1.807, 2.05) is 39.0 Å². The summed E-state index contributed by atoms with van der Waals surface area (Å²) in [5.74, 6) is 0.187. The van der Waals surface area contributed by atoms with Gasteiger partial charge in [0.2, 0.25) is 24.0 Å². The average molecular weight is 608 g/mol. The zero-order valence-corrected chi connectivity index (χ0v) is 24.9. The van der Waals surface area contributed by atoms with Gasteiger partial charge in [-0.3, -0.25) is 14.7 Å². The summed E-state index contributed by atoms with van der Waals surface area (Å²) >= 11 is 0. The first kappa shape index (κ1) is 34.2. The summed E-state index contributed by atoms with van der Waals surface area (Å²) in [5.41, 5.74) is 14.2. The minimum Gasteiger partial charge on any atom is -0.493 e. The predicted octanol–water partition coefficient (Wildman–Crippen LogP) is -0.521. The van der Waals surface area contributed by atoms with Crippen LogP contribution in [-0.2, 0) is 20.7 Å². The Morgan fingerprint density at radius 2 is 1.91 bits per heavy atom. The second-order valence-corrected chi connectivity index (χ2v) is 11.1. The number of aromatic nitrogens is 2. The summed E-state index contributed by atoms with van der Waals surface area (Å²) in [6.07, 6.45) is -4.60. The van der Waals surface area contributed by atoms with Crippen LogP contribution >= 0.6 is 0 Å². The third-order valence-electron chi connectivity index (χ3n) is 7.42. The van der Waals surface area contributed by atoms with E-state index in [-0.39, 0.29) is 30.7 Å². The maximum Gasteiger partial charge on any atom is 0.238 e. The normalized spacial score (nSPS) is 22.8. The largest absolute Gasteiger partial charge is 0.493 e. The third kappa shape index (κ3) is 9.36. The number of nitrogens with one attached hydrogen (secondary N) is 2. The molecular formula is C29H45N5O9. The van der Waals surface area contributed by atoms with Crippen LogP contribution in [0.3, 0.4) is 0 Å². The molecule has 2 aromatic rings. The standard InChI is InChI=1S/C29H45N5O9/c1-15(2)23-19(28(34-33-23)43-29-26(39)25(38)24(37)21(14-35)42-29)13-17-7-8-18(12-16(17)3)41-11-9-22(36)32-10-5-4-6-20(30)27(31)40/h7-8,12,15,20-21,24-26,29,35,37-39H,4-6,9-11,13-14,30H2,1-3H3,(H2,31,40)(H,32,36)(H,33,34)/t20-,21+,24+,25-,26+,29-/m0/s1. The number of nitrogens with two attached hydrogens (primary N) is 2. The Balaban J connectivity index is 1.56. The van der Waals surface area contributed by atoms with E-state index in [0.717, 1.165) is 22.4 Å². The number of benzene rings is 1. The number of ether oxygens (including phenoxy) is 3. The molecule has 1 fully saturated rings. The number of unbranched alkanes of at least 4 members (excludes halogenated alkanes) is 1. The zero-order chi connectivity index (χ0) is 31.7. The molecule has 0 radical (unpaired) electrons. The first-order chi connectivity index (χ1) is 20.4. The van der Waals surface area contributed by atoms with Crippen molar-refractivity contribution in [3.63, 3.8) is 0 Å². The van der Waals surface area contributed by atoms with E-state index in [1.54, 1.807) is 0 Å². The van der Waals surface area contributed by atoms with Crippen molar-refractivity contribution in [2.45, 2.75) is 95.5 Å². The number of aromatic amines is 1. The van der Waals surface area contributed by atoms with E-state index in [2.05, 4.69) is 15.5 Å². The molecule has 2 amide bonds. The monoisotopic (exact) mass is 607 g/mol. The summed E-state index contributed by atoms with van der Waals surface area (Å²) in [6, 6.07) is 4.94. The highest BCUT2D eigenvalue weighted by Gasteiger charge is 2.45. The van der Waals surface area contributed by atoms with Crippen LogP contribution in [0.25, 0.3) is 0 Å². The Bertz CT molecular complexity index is 1210. The van der Waals surface area contributed by atoms with Gasteiger partial charge >= 0.3 is 0 Å². The minimum atomic E-state index is -1.57. The quantitative estimate of drug-likeness (QED) is 0.113. The molecule has 6 atom stereocenters. The Kier molecular flexibility index (Phi) is 12.7. The fourth-order valence-electron chi connectivity index (χ4n) is 4.74. The lowest BCUT2D eigenvalue weighted by atomic mass is 9.96. The average Bonchev–Trinajstić information content (AvgIpc) is 3.36. The highest BCUT2D eigenvalue weighted by atomic mass is 16.7. The molecule has 14 heteroatoms. The van der Waals surface area contributed by atoms with Crippen LogP contribution in [0.15, 0.2) is 18.2 Å². The molecule has 0 saturated carbocycles.